The summed E-state index contributed by atoms with van der Waals surface area (Å²) in [7, 11) is 0. The predicted molar refractivity (Wildman–Crippen MR) is 83.4 cm³/mol. The topological polar surface area (TPSA) is 53.6 Å². The van der Waals surface area contributed by atoms with Crippen LogP contribution in [0.3, 0.4) is 0 Å². The molecule has 2 heterocycles. The van der Waals surface area contributed by atoms with E-state index in [9.17, 15) is 0 Å². The van der Waals surface area contributed by atoms with Gasteiger partial charge < -0.3 is 10.3 Å². The largest absolute Gasteiger partial charge is 0.370 e. The molecule has 0 saturated heterocycles. The molecule has 0 aliphatic rings. The fourth-order valence-corrected chi connectivity index (χ4v) is 2.99. The lowest BCUT2D eigenvalue weighted by Gasteiger charge is -2.08. The van der Waals surface area contributed by atoms with E-state index in [0.717, 1.165) is 33.5 Å². The molecule has 0 radical (unpaired) electrons. The minimum Gasteiger partial charge on any atom is -0.370 e. The Labute approximate surface area is 122 Å². The van der Waals surface area contributed by atoms with Crippen molar-refractivity contribution in [2.45, 2.75) is 23.9 Å². The Hall–Kier alpha value is -2.01. The lowest BCUT2D eigenvalue weighted by atomic mass is 10.3. The molecule has 4 nitrogen and oxygen atoms in total. The third kappa shape index (κ3) is 2.49. The maximum atomic E-state index is 4.38. The molecule has 5 heteroatoms. The van der Waals surface area contributed by atoms with Gasteiger partial charge in [0.2, 0.25) is 0 Å². The van der Waals surface area contributed by atoms with Crippen LogP contribution >= 0.6 is 11.8 Å². The normalized spacial score (nSPS) is 10.9. The number of anilines is 1. The standard InChI is InChI=1S/C15H16N4S/c1-3-16-14-10(2)15(18-9-17-14)20-13-8-11-6-4-5-7-12(11)19-13/h4-9,19H,3H2,1-2H3,(H,16,17,18). The van der Waals surface area contributed by atoms with Crippen molar-refractivity contribution in [3.05, 3.63) is 42.2 Å². The Balaban J connectivity index is 1.92. The Kier molecular flexibility index (Phi) is 3.60. The van der Waals surface area contributed by atoms with Crippen molar-refractivity contribution in [1.82, 2.24) is 15.0 Å². The van der Waals surface area contributed by atoms with E-state index in [1.165, 1.54) is 5.39 Å². The average Bonchev–Trinajstić information content (AvgIpc) is 2.86. The van der Waals surface area contributed by atoms with Gasteiger partial charge in [-0.2, -0.15) is 0 Å². The molecule has 20 heavy (non-hydrogen) atoms. The maximum Gasteiger partial charge on any atom is 0.133 e. The monoisotopic (exact) mass is 284 g/mol. The van der Waals surface area contributed by atoms with Gasteiger partial charge in [0, 0.05) is 23.0 Å². The van der Waals surface area contributed by atoms with Gasteiger partial charge in [0.1, 0.15) is 17.2 Å². The summed E-state index contributed by atoms with van der Waals surface area (Å²) in [5.41, 5.74) is 2.23. The smallest absolute Gasteiger partial charge is 0.133 e. The summed E-state index contributed by atoms with van der Waals surface area (Å²) < 4.78 is 0. The van der Waals surface area contributed by atoms with Crippen molar-refractivity contribution in [2.75, 3.05) is 11.9 Å². The lowest BCUT2D eigenvalue weighted by molar-refractivity contribution is 0.988. The first-order chi connectivity index (χ1) is 9.78. The van der Waals surface area contributed by atoms with Gasteiger partial charge in [0.25, 0.3) is 0 Å². The van der Waals surface area contributed by atoms with Gasteiger partial charge >= 0.3 is 0 Å². The number of fused-ring (bicyclic) bond motifs is 1. The molecule has 2 aromatic heterocycles. The maximum absolute atomic E-state index is 4.38. The van der Waals surface area contributed by atoms with E-state index in [1.54, 1.807) is 18.1 Å². The van der Waals surface area contributed by atoms with Crippen molar-refractivity contribution < 1.29 is 0 Å². The Morgan fingerprint density at radius 1 is 1.25 bits per heavy atom. The molecule has 0 bridgehead atoms. The molecule has 0 saturated carbocycles. The van der Waals surface area contributed by atoms with E-state index in [1.807, 2.05) is 19.1 Å². The average molecular weight is 284 g/mol. The zero-order valence-electron chi connectivity index (χ0n) is 11.5. The number of hydrogen-bond donors (Lipinski definition) is 2. The van der Waals surface area contributed by atoms with Crippen LogP contribution in [0.1, 0.15) is 12.5 Å². The number of nitrogens with one attached hydrogen (secondary N) is 2. The lowest BCUT2D eigenvalue weighted by Crippen LogP contribution is -2.03. The molecule has 0 spiro atoms. The fourth-order valence-electron chi connectivity index (χ4n) is 2.09. The molecule has 102 valence electrons. The van der Waals surface area contributed by atoms with E-state index in [0.29, 0.717) is 0 Å². The molecule has 0 aliphatic heterocycles. The van der Waals surface area contributed by atoms with Gasteiger partial charge in [0.15, 0.2) is 0 Å². The molecule has 0 fully saturated rings. The number of aromatic amines is 1. The Morgan fingerprint density at radius 2 is 2.10 bits per heavy atom. The summed E-state index contributed by atoms with van der Waals surface area (Å²) >= 11 is 1.63. The highest BCUT2D eigenvalue weighted by Crippen LogP contribution is 2.31. The number of nitrogens with zero attached hydrogens (tertiary/aromatic N) is 2. The molecule has 2 N–H and O–H groups in total. The summed E-state index contributed by atoms with van der Waals surface area (Å²) in [6.45, 7) is 4.96. The van der Waals surface area contributed by atoms with Crippen molar-refractivity contribution in [2.24, 2.45) is 0 Å². The van der Waals surface area contributed by atoms with E-state index in [2.05, 4.69) is 45.4 Å². The van der Waals surface area contributed by atoms with Gasteiger partial charge in [-0.05, 0) is 26.0 Å². The molecular weight excluding hydrogens is 268 g/mol. The van der Waals surface area contributed by atoms with Crippen LogP contribution in [-0.2, 0) is 0 Å². The first-order valence-corrected chi connectivity index (χ1v) is 7.40. The number of benzene rings is 1. The van der Waals surface area contributed by atoms with Gasteiger partial charge in [-0.1, -0.05) is 30.0 Å². The molecule has 3 rings (SSSR count). The number of para-hydroxylation sites is 1. The van der Waals surface area contributed by atoms with E-state index in [-0.39, 0.29) is 0 Å². The quantitative estimate of drug-likeness (QED) is 0.715. The zero-order valence-corrected chi connectivity index (χ0v) is 12.3. The van der Waals surface area contributed by atoms with Crippen LogP contribution in [0.4, 0.5) is 5.82 Å². The van der Waals surface area contributed by atoms with E-state index >= 15 is 0 Å². The molecular formula is C15H16N4S. The second kappa shape index (κ2) is 5.54. The van der Waals surface area contributed by atoms with Crippen LogP contribution in [-0.4, -0.2) is 21.5 Å². The first kappa shape index (κ1) is 13.0. The molecule has 0 amide bonds. The highest BCUT2D eigenvalue weighted by molar-refractivity contribution is 7.99. The van der Waals surface area contributed by atoms with E-state index in [4.69, 9.17) is 0 Å². The molecule has 1 aromatic carbocycles. The SMILES string of the molecule is CCNc1ncnc(Sc2cc3ccccc3[nH]2)c1C. The molecule has 0 aliphatic carbocycles. The third-order valence-corrected chi connectivity index (χ3v) is 4.14. The molecule has 3 aromatic rings. The van der Waals surface area contributed by atoms with Gasteiger partial charge in [-0.25, -0.2) is 9.97 Å². The van der Waals surface area contributed by atoms with Crippen LogP contribution in [0, 0.1) is 6.92 Å². The number of hydrogen-bond acceptors (Lipinski definition) is 4. The number of rotatable bonds is 4. The number of H-pyrrole nitrogens is 1. The summed E-state index contributed by atoms with van der Waals surface area (Å²) in [6, 6.07) is 10.4. The second-order valence-electron chi connectivity index (χ2n) is 4.51. The van der Waals surface area contributed by atoms with Crippen LogP contribution in [0.25, 0.3) is 10.9 Å². The minimum absolute atomic E-state index is 0.856. The zero-order chi connectivity index (χ0) is 13.9. The van der Waals surface area contributed by atoms with Gasteiger partial charge in [-0.15, -0.1) is 0 Å². The summed E-state index contributed by atoms with van der Waals surface area (Å²) in [4.78, 5) is 12.1. The first-order valence-electron chi connectivity index (χ1n) is 6.59. The van der Waals surface area contributed by atoms with Crippen LogP contribution in [0.5, 0.6) is 0 Å². The van der Waals surface area contributed by atoms with Crippen molar-refractivity contribution >= 4 is 28.5 Å². The predicted octanol–water partition coefficient (Wildman–Crippen LogP) is 3.85. The second-order valence-corrected chi connectivity index (χ2v) is 5.54. The van der Waals surface area contributed by atoms with Crippen LogP contribution in [0.15, 0.2) is 46.7 Å². The Morgan fingerprint density at radius 3 is 2.90 bits per heavy atom. The summed E-state index contributed by atoms with van der Waals surface area (Å²) in [5, 5.41) is 6.54. The minimum atomic E-state index is 0.856. The van der Waals surface area contributed by atoms with Crippen molar-refractivity contribution in [3.8, 4) is 0 Å². The van der Waals surface area contributed by atoms with Crippen molar-refractivity contribution in [1.29, 1.82) is 0 Å². The summed E-state index contributed by atoms with van der Waals surface area (Å²) in [6.07, 6.45) is 1.61. The highest BCUT2D eigenvalue weighted by Gasteiger charge is 2.09. The van der Waals surface area contributed by atoms with Gasteiger partial charge in [-0.3, -0.25) is 0 Å². The summed E-state index contributed by atoms with van der Waals surface area (Å²) in [5.74, 6) is 0.904. The molecule has 0 unspecified atom stereocenters. The van der Waals surface area contributed by atoms with Crippen LogP contribution in [0.2, 0.25) is 0 Å². The third-order valence-electron chi connectivity index (χ3n) is 3.09. The van der Waals surface area contributed by atoms with Gasteiger partial charge in [0.05, 0.1) is 5.03 Å². The highest BCUT2D eigenvalue weighted by atomic mass is 32.2. The van der Waals surface area contributed by atoms with Crippen molar-refractivity contribution in [3.63, 3.8) is 0 Å². The molecule has 0 atom stereocenters. The number of aromatic nitrogens is 3. The fraction of sp³-hybridized carbons (Fsp3) is 0.200. The van der Waals surface area contributed by atoms with Crippen LogP contribution < -0.4 is 5.32 Å². The Bertz CT molecular complexity index is 703. The van der Waals surface area contributed by atoms with E-state index < -0.39 is 0 Å².